The lowest BCUT2D eigenvalue weighted by atomic mass is 9.98. The lowest BCUT2D eigenvalue weighted by molar-refractivity contribution is 0.0988. The molecule has 0 bridgehead atoms. The van der Waals surface area contributed by atoms with Gasteiger partial charge < -0.3 is 15.3 Å². The average molecular weight is 245 g/mol. The Morgan fingerprint density at radius 1 is 1.33 bits per heavy atom. The predicted octanol–water partition coefficient (Wildman–Crippen LogP) is 2.27. The number of aliphatic hydroxyl groups excluding tert-OH is 1. The number of nitrogens with two attached hydrogens (primary N) is 1. The summed E-state index contributed by atoms with van der Waals surface area (Å²) in [5.74, 6) is 0.171. The first-order chi connectivity index (χ1) is 8.65. The third-order valence-electron chi connectivity index (χ3n) is 2.85. The van der Waals surface area contributed by atoms with Gasteiger partial charge in [-0.3, -0.25) is 4.79 Å². The molecule has 1 aromatic carbocycles. The van der Waals surface area contributed by atoms with Crippen molar-refractivity contribution in [3.63, 3.8) is 0 Å². The van der Waals surface area contributed by atoms with Crippen molar-refractivity contribution in [3.8, 4) is 11.1 Å². The molecule has 18 heavy (non-hydrogen) atoms. The van der Waals surface area contributed by atoms with Gasteiger partial charge in [-0.2, -0.15) is 0 Å². The van der Waals surface area contributed by atoms with Crippen LogP contribution in [0.4, 0.5) is 5.69 Å². The molecule has 0 radical (unpaired) electrons. The first-order valence-electron chi connectivity index (χ1n) is 5.72. The van der Waals surface area contributed by atoms with E-state index >= 15 is 0 Å². The number of hydrogen-bond acceptors (Lipinski definition) is 4. The summed E-state index contributed by atoms with van der Waals surface area (Å²) < 4.78 is 5.18. The van der Waals surface area contributed by atoms with Crippen LogP contribution >= 0.6 is 0 Å². The van der Waals surface area contributed by atoms with E-state index in [1.165, 1.54) is 13.2 Å². The van der Waals surface area contributed by atoms with Gasteiger partial charge in [0.25, 0.3) is 0 Å². The molecule has 0 spiro atoms. The van der Waals surface area contributed by atoms with Gasteiger partial charge in [0.1, 0.15) is 0 Å². The fraction of sp³-hybridized carbons (Fsp3) is 0.214. The molecule has 94 valence electrons. The molecule has 0 aliphatic rings. The first kappa shape index (κ1) is 12.4. The molecule has 0 unspecified atom stereocenters. The number of rotatable bonds is 4. The highest BCUT2D eigenvalue weighted by atomic mass is 16.3. The van der Waals surface area contributed by atoms with Crippen molar-refractivity contribution in [2.45, 2.75) is 13.3 Å². The molecule has 2 rings (SSSR count). The molecular weight excluding hydrogens is 230 g/mol. The van der Waals surface area contributed by atoms with Crippen molar-refractivity contribution in [1.82, 2.24) is 0 Å². The lowest BCUT2D eigenvalue weighted by Gasteiger charge is -2.09. The largest absolute Gasteiger partial charge is 0.461 e. The zero-order valence-electron chi connectivity index (χ0n) is 10.1. The maximum Gasteiger partial charge on any atom is 0.195 e. The molecule has 0 saturated heterocycles. The maximum absolute atomic E-state index is 11.4. The molecule has 0 aliphatic heterocycles. The number of carbonyl (C=O) groups is 1. The third kappa shape index (κ3) is 2.15. The van der Waals surface area contributed by atoms with Gasteiger partial charge in [0.05, 0.1) is 6.26 Å². The number of hydrogen-bond donors (Lipinski definition) is 2. The Bertz CT molecular complexity index is 572. The Kier molecular flexibility index (Phi) is 3.48. The van der Waals surface area contributed by atoms with Crippen molar-refractivity contribution < 1.29 is 14.3 Å². The summed E-state index contributed by atoms with van der Waals surface area (Å²) in [6.07, 6.45) is 1.97. The number of ketones is 1. The second-order valence-electron chi connectivity index (χ2n) is 4.07. The highest BCUT2D eigenvalue weighted by Gasteiger charge is 2.16. The number of para-hydroxylation sites is 1. The van der Waals surface area contributed by atoms with Crippen LogP contribution in [0.5, 0.6) is 0 Å². The molecule has 0 aliphatic carbocycles. The lowest BCUT2D eigenvalue weighted by Crippen LogP contribution is -2.01. The van der Waals surface area contributed by atoms with Crippen LogP contribution in [-0.4, -0.2) is 17.5 Å². The Morgan fingerprint density at radius 3 is 2.78 bits per heavy atom. The summed E-state index contributed by atoms with van der Waals surface area (Å²) in [5.41, 5.74) is 8.97. The fourth-order valence-corrected chi connectivity index (χ4v) is 1.98. The fourth-order valence-electron chi connectivity index (χ4n) is 1.98. The summed E-state index contributed by atoms with van der Waals surface area (Å²) in [6.45, 7) is 1.49. The molecule has 1 aromatic heterocycles. The first-order valence-corrected chi connectivity index (χ1v) is 5.72. The highest BCUT2D eigenvalue weighted by Crippen LogP contribution is 2.32. The minimum absolute atomic E-state index is 0.0403. The van der Waals surface area contributed by atoms with Gasteiger partial charge in [0, 0.05) is 30.3 Å². The number of carbonyl (C=O) groups excluding carboxylic acids is 1. The topological polar surface area (TPSA) is 76.5 Å². The molecule has 0 atom stereocenters. The van der Waals surface area contributed by atoms with Crippen molar-refractivity contribution >= 4 is 11.5 Å². The van der Waals surface area contributed by atoms with E-state index in [4.69, 9.17) is 15.3 Å². The molecule has 0 fully saturated rings. The monoisotopic (exact) mass is 245 g/mol. The molecule has 4 nitrogen and oxygen atoms in total. The van der Waals surface area contributed by atoms with E-state index in [9.17, 15) is 4.79 Å². The summed E-state index contributed by atoms with van der Waals surface area (Å²) in [4.78, 5) is 11.4. The van der Waals surface area contributed by atoms with Crippen molar-refractivity contribution in [2.75, 3.05) is 12.3 Å². The zero-order valence-corrected chi connectivity index (χ0v) is 10.1. The van der Waals surface area contributed by atoms with E-state index in [2.05, 4.69) is 0 Å². The Labute approximate surface area is 105 Å². The van der Waals surface area contributed by atoms with Crippen LogP contribution in [0.1, 0.15) is 23.0 Å². The van der Waals surface area contributed by atoms with Crippen LogP contribution in [0.3, 0.4) is 0 Å². The van der Waals surface area contributed by atoms with Crippen LogP contribution < -0.4 is 5.73 Å². The summed E-state index contributed by atoms with van der Waals surface area (Å²) in [5, 5.41) is 8.98. The van der Waals surface area contributed by atoms with Gasteiger partial charge in [-0.05, 0) is 18.1 Å². The molecule has 2 aromatic rings. The second kappa shape index (κ2) is 5.06. The van der Waals surface area contributed by atoms with E-state index in [1.807, 2.05) is 18.2 Å². The summed E-state index contributed by atoms with van der Waals surface area (Å²) in [7, 11) is 0. The van der Waals surface area contributed by atoms with Gasteiger partial charge >= 0.3 is 0 Å². The van der Waals surface area contributed by atoms with E-state index in [0.29, 0.717) is 23.4 Å². The zero-order chi connectivity index (χ0) is 13.1. The number of Topliss-reactive ketones (excluding diaryl/α,β-unsaturated/α-hetero) is 1. The number of anilines is 1. The van der Waals surface area contributed by atoms with E-state index in [-0.39, 0.29) is 12.4 Å². The van der Waals surface area contributed by atoms with Crippen LogP contribution in [0.2, 0.25) is 0 Å². The summed E-state index contributed by atoms with van der Waals surface area (Å²) in [6, 6.07) is 7.29. The van der Waals surface area contributed by atoms with Crippen molar-refractivity contribution in [3.05, 3.63) is 41.9 Å². The average Bonchev–Trinajstić information content (AvgIpc) is 2.81. The Morgan fingerprint density at radius 2 is 2.11 bits per heavy atom. The second-order valence-corrected chi connectivity index (χ2v) is 4.07. The molecule has 3 N–H and O–H groups in total. The van der Waals surface area contributed by atoms with Crippen LogP contribution in [0.25, 0.3) is 11.1 Å². The van der Waals surface area contributed by atoms with Crippen LogP contribution in [0, 0.1) is 0 Å². The SMILES string of the molecule is CC(=O)c1occc1-c1cccc(CCO)c1N. The number of nitrogen functional groups attached to an aromatic ring is 1. The Balaban J connectivity index is 2.54. The van der Waals surface area contributed by atoms with Crippen molar-refractivity contribution in [2.24, 2.45) is 0 Å². The van der Waals surface area contributed by atoms with E-state index in [0.717, 1.165) is 11.1 Å². The van der Waals surface area contributed by atoms with Crippen molar-refractivity contribution in [1.29, 1.82) is 0 Å². The molecule has 4 heteroatoms. The molecule has 0 saturated carbocycles. The van der Waals surface area contributed by atoms with Crippen LogP contribution in [0.15, 0.2) is 34.9 Å². The van der Waals surface area contributed by atoms with Gasteiger partial charge in [-0.15, -0.1) is 0 Å². The minimum Gasteiger partial charge on any atom is -0.461 e. The molecular formula is C14H15NO3. The summed E-state index contributed by atoms with van der Waals surface area (Å²) >= 11 is 0. The maximum atomic E-state index is 11.4. The quantitative estimate of drug-likeness (QED) is 0.640. The van der Waals surface area contributed by atoms with Gasteiger partial charge in [0.15, 0.2) is 11.5 Å². The third-order valence-corrected chi connectivity index (χ3v) is 2.85. The van der Waals surface area contributed by atoms with Crippen LogP contribution in [-0.2, 0) is 6.42 Å². The van der Waals surface area contributed by atoms with Gasteiger partial charge in [-0.1, -0.05) is 18.2 Å². The van der Waals surface area contributed by atoms with Gasteiger partial charge in [-0.25, -0.2) is 0 Å². The standard InChI is InChI=1S/C14H15NO3/c1-9(17)14-12(6-8-18-14)11-4-2-3-10(5-7-16)13(11)15/h2-4,6,8,16H,5,7,15H2,1H3. The minimum atomic E-state index is -0.137. The predicted molar refractivity (Wildman–Crippen MR) is 69.4 cm³/mol. The normalized spacial score (nSPS) is 10.6. The van der Waals surface area contributed by atoms with E-state index < -0.39 is 0 Å². The number of benzene rings is 1. The molecule has 0 amide bonds. The molecule has 1 heterocycles. The smallest absolute Gasteiger partial charge is 0.195 e. The Hall–Kier alpha value is -2.07. The van der Waals surface area contributed by atoms with Gasteiger partial charge in [0.2, 0.25) is 0 Å². The highest BCUT2D eigenvalue weighted by molar-refractivity contribution is 5.99. The number of aliphatic hydroxyl groups is 1. The number of furan rings is 1. The van der Waals surface area contributed by atoms with E-state index in [1.54, 1.807) is 6.07 Å².